The van der Waals surface area contributed by atoms with Crippen molar-refractivity contribution >= 4 is 29.2 Å². The number of rotatable bonds is 6. The summed E-state index contributed by atoms with van der Waals surface area (Å²) in [5.41, 5.74) is 1.91. The van der Waals surface area contributed by atoms with Gasteiger partial charge in [-0.25, -0.2) is 19.2 Å². The van der Waals surface area contributed by atoms with Crippen molar-refractivity contribution < 1.29 is 18.7 Å². The summed E-state index contributed by atoms with van der Waals surface area (Å²) in [6.07, 6.45) is 0. The van der Waals surface area contributed by atoms with Crippen molar-refractivity contribution in [1.29, 1.82) is 0 Å². The Labute approximate surface area is 167 Å². The Morgan fingerprint density at radius 3 is 2.52 bits per heavy atom. The molecule has 0 unspecified atom stereocenters. The molecule has 0 aliphatic rings. The van der Waals surface area contributed by atoms with E-state index in [1.54, 1.807) is 38.1 Å². The van der Waals surface area contributed by atoms with Gasteiger partial charge in [0.1, 0.15) is 11.5 Å². The number of para-hydroxylation sites is 1. The number of hydrogen-bond acceptors (Lipinski definition) is 6. The highest BCUT2D eigenvalue weighted by atomic mass is 19.1. The van der Waals surface area contributed by atoms with Crippen LogP contribution in [-0.4, -0.2) is 28.5 Å². The molecular formula is C21H19FN4O3. The lowest BCUT2D eigenvalue weighted by atomic mass is 10.2. The van der Waals surface area contributed by atoms with Crippen LogP contribution in [0.25, 0.3) is 0 Å². The minimum absolute atomic E-state index is 0.123. The molecule has 0 aliphatic heterocycles. The number of amides is 1. The molecule has 1 heterocycles. The molecular weight excluding hydrogens is 375 g/mol. The molecule has 0 radical (unpaired) electrons. The van der Waals surface area contributed by atoms with E-state index in [1.807, 2.05) is 0 Å². The predicted octanol–water partition coefficient (Wildman–Crippen LogP) is 4.10. The number of nitrogens with zero attached hydrogens (tertiary/aromatic N) is 2. The van der Waals surface area contributed by atoms with Crippen molar-refractivity contribution in [2.75, 3.05) is 17.2 Å². The highest BCUT2D eigenvalue weighted by Gasteiger charge is 2.15. The molecule has 0 spiro atoms. The van der Waals surface area contributed by atoms with Gasteiger partial charge in [-0.1, -0.05) is 12.1 Å². The van der Waals surface area contributed by atoms with E-state index in [-0.39, 0.29) is 18.2 Å². The smallest absolute Gasteiger partial charge is 0.340 e. The van der Waals surface area contributed by atoms with E-state index in [2.05, 4.69) is 20.6 Å². The van der Waals surface area contributed by atoms with E-state index in [4.69, 9.17) is 4.74 Å². The highest BCUT2D eigenvalue weighted by Crippen LogP contribution is 2.20. The quantitative estimate of drug-likeness (QED) is 0.612. The number of carbonyl (C=O) groups is 2. The van der Waals surface area contributed by atoms with Crippen molar-refractivity contribution in [1.82, 2.24) is 9.97 Å². The SMILES string of the molecule is CCOC(=O)c1ccccc1Nc1nc(C)cc(C(=O)Nc2ccc(F)cc2)n1. The fourth-order valence-corrected chi connectivity index (χ4v) is 2.57. The maximum atomic E-state index is 13.0. The van der Waals surface area contributed by atoms with Gasteiger partial charge in [-0.05, 0) is 56.3 Å². The highest BCUT2D eigenvalue weighted by molar-refractivity contribution is 6.03. The number of anilines is 3. The molecule has 3 rings (SSSR count). The Morgan fingerprint density at radius 2 is 1.79 bits per heavy atom. The number of carbonyl (C=O) groups excluding carboxylic acids is 2. The molecule has 2 aromatic carbocycles. The summed E-state index contributed by atoms with van der Waals surface area (Å²) >= 11 is 0. The Bertz CT molecular complexity index is 1040. The molecule has 2 N–H and O–H groups in total. The normalized spacial score (nSPS) is 10.3. The van der Waals surface area contributed by atoms with Crippen LogP contribution in [0, 0.1) is 12.7 Å². The molecule has 0 saturated carbocycles. The van der Waals surface area contributed by atoms with Crippen molar-refractivity contribution in [2.24, 2.45) is 0 Å². The van der Waals surface area contributed by atoms with E-state index in [0.717, 1.165) is 0 Å². The van der Waals surface area contributed by atoms with Gasteiger partial charge in [-0.2, -0.15) is 0 Å². The van der Waals surface area contributed by atoms with Crippen molar-refractivity contribution in [2.45, 2.75) is 13.8 Å². The van der Waals surface area contributed by atoms with Gasteiger partial charge >= 0.3 is 5.97 Å². The van der Waals surface area contributed by atoms with Crippen LogP contribution in [0.5, 0.6) is 0 Å². The van der Waals surface area contributed by atoms with Gasteiger partial charge in [0, 0.05) is 11.4 Å². The van der Waals surface area contributed by atoms with E-state index < -0.39 is 17.7 Å². The van der Waals surface area contributed by atoms with E-state index >= 15 is 0 Å². The number of hydrogen-bond donors (Lipinski definition) is 2. The number of ether oxygens (including phenoxy) is 1. The average Bonchev–Trinajstić information content (AvgIpc) is 2.70. The summed E-state index contributed by atoms with van der Waals surface area (Å²) in [5.74, 6) is -1.18. The summed E-state index contributed by atoms with van der Waals surface area (Å²) in [7, 11) is 0. The van der Waals surface area contributed by atoms with Crippen LogP contribution < -0.4 is 10.6 Å². The second kappa shape index (κ2) is 8.92. The fourth-order valence-electron chi connectivity index (χ4n) is 2.57. The largest absolute Gasteiger partial charge is 0.462 e. The summed E-state index contributed by atoms with van der Waals surface area (Å²) in [6, 6.07) is 13.7. The summed E-state index contributed by atoms with van der Waals surface area (Å²) in [6.45, 7) is 3.70. The third-order valence-electron chi connectivity index (χ3n) is 3.86. The second-order valence-corrected chi connectivity index (χ2v) is 6.07. The van der Waals surface area contributed by atoms with Crippen LogP contribution in [-0.2, 0) is 4.74 Å². The van der Waals surface area contributed by atoms with Gasteiger partial charge < -0.3 is 15.4 Å². The van der Waals surface area contributed by atoms with Gasteiger partial charge in [0.25, 0.3) is 5.91 Å². The van der Waals surface area contributed by atoms with Gasteiger partial charge in [0.05, 0.1) is 17.9 Å². The third kappa shape index (κ3) is 5.13. The van der Waals surface area contributed by atoms with Crippen molar-refractivity contribution in [3.05, 3.63) is 77.4 Å². The zero-order valence-corrected chi connectivity index (χ0v) is 15.9. The van der Waals surface area contributed by atoms with Gasteiger partial charge in [0.15, 0.2) is 0 Å². The first kappa shape index (κ1) is 19.9. The van der Waals surface area contributed by atoms with E-state index in [1.165, 1.54) is 30.3 Å². The Morgan fingerprint density at radius 1 is 1.07 bits per heavy atom. The summed E-state index contributed by atoms with van der Waals surface area (Å²) in [4.78, 5) is 33.2. The second-order valence-electron chi connectivity index (χ2n) is 6.07. The first-order valence-corrected chi connectivity index (χ1v) is 8.92. The molecule has 3 aromatic rings. The summed E-state index contributed by atoms with van der Waals surface area (Å²) < 4.78 is 18.1. The molecule has 0 aliphatic carbocycles. The van der Waals surface area contributed by atoms with Crippen LogP contribution in [0.2, 0.25) is 0 Å². The van der Waals surface area contributed by atoms with Crippen LogP contribution >= 0.6 is 0 Å². The van der Waals surface area contributed by atoms with Gasteiger partial charge in [0.2, 0.25) is 5.95 Å². The minimum Gasteiger partial charge on any atom is -0.462 e. The van der Waals surface area contributed by atoms with Gasteiger partial charge in [-0.3, -0.25) is 4.79 Å². The van der Waals surface area contributed by atoms with Crippen LogP contribution in [0.15, 0.2) is 54.6 Å². The molecule has 1 amide bonds. The number of halogens is 1. The zero-order valence-electron chi connectivity index (χ0n) is 15.9. The maximum Gasteiger partial charge on any atom is 0.340 e. The third-order valence-corrected chi connectivity index (χ3v) is 3.86. The van der Waals surface area contributed by atoms with Crippen molar-refractivity contribution in [3.63, 3.8) is 0 Å². The molecule has 7 nitrogen and oxygen atoms in total. The molecule has 0 fully saturated rings. The van der Waals surface area contributed by atoms with E-state index in [9.17, 15) is 14.0 Å². The first-order valence-electron chi connectivity index (χ1n) is 8.92. The predicted molar refractivity (Wildman–Crippen MR) is 107 cm³/mol. The van der Waals surface area contributed by atoms with E-state index in [0.29, 0.717) is 22.6 Å². The molecule has 0 atom stereocenters. The van der Waals surface area contributed by atoms with Gasteiger partial charge in [-0.15, -0.1) is 0 Å². The Balaban J connectivity index is 1.84. The standard InChI is InChI=1S/C21H19FN4O3/c1-3-29-20(28)16-6-4-5-7-17(16)25-21-23-13(2)12-18(26-21)19(27)24-15-10-8-14(22)9-11-15/h4-12H,3H2,1-2H3,(H,24,27)(H,23,25,26). The lowest BCUT2D eigenvalue weighted by molar-refractivity contribution is 0.0527. The molecule has 0 bridgehead atoms. The lowest BCUT2D eigenvalue weighted by Crippen LogP contribution is -2.16. The average molecular weight is 394 g/mol. The number of esters is 1. The molecule has 1 aromatic heterocycles. The number of benzene rings is 2. The fraction of sp³-hybridized carbons (Fsp3) is 0.143. The molecule has 8 heteroatoms. The number of aromatic nitrogens is 2. The Kier molecular flexibility index (Phi) is 6.13. The zero-order chi connectivity index (χ0) is 20.8. The first-order chi connectivity index (χ1) is 14.0. The van der Waals surface area contributed by atoms with Crippen LogP contribution in [0.3, 0.4) is 0 Å². The molecule has 148 valence electrons. The molecule has 0 saturated heterocycles. The topological polar surface area (TPSA) is 93.2 Å². The Hall–Kier alpha value is -3.81. The monoisotopic (exact) mass is 394 g/mol. The number of nitrogens with one attached hydrogen (secondary N) is 2. The summed E-state index contributed by atoms with van der Waals surface area (Å²) in [5, 5.41) is 5.62. The number of aryl methyl sites for hydroxylation is 1. The van der Waals surface area contributed by atoms with Crippen molar-refractivity contribution in [3.8, 4) is 0 Å². The van der Waals surface area contributed by atoms with Crippen LogP contribution in [0.1, 0.15) is 33.5 Å². The lowest BCUT2D eigenvalue weighted by Gasteiger charge is -2.12. The molecule has 29 heavy (non-hydrogen) atoms. The minimum atomic E-state index is -0.475. The van der Waals surface area contributed by atoms with Crippen LogP contribution in [0.4, 0.5) is 21.7 Å². The maximum absolute atomic E-state index is 13.0.